The molecule has 1 aromatic carbocycles. The highest BCUT2D eigenvalue weighted by atomic mass is 16.3. The number of piperidine rings is 1. The van der Waals surface area contributed by atoms with Crippen molar-refractivity contribution in [1.29, 1.82) is 0 Å². The molecule has 0 spiro atoms. The van der Waals surface area contributed by atoms with Gasteiger partial charge in [-0.3, -0.25) is 19.7 Å². The van der Waals surface area contributed by atoms with Gasteiger partial charge in [0, 0.05) is 18.5 Å². The van der Waals surface area contributed by atoms with Crippen molar-refractivity contribution in [2.75, 3.05) is 5.73 Å². The van der Waals surface area contributed by atoms with E-state index < -0.39 is 41.0 Å². The molecule has 1 atom stereocenters. The Balaban J connectivity index is 0.00000100. The third kappa shape index (κ3) is 2.47. The number of hydrogen-bond acceptors (Lipinski definition) is 7. The second kappa shape index (κ2) is 6.26. The van der Waals surface area contributed by atoms with Crippen LogP contribution in [0, 0.1) is 0 Å². The second-order valence-electron chi connectivity index (χ2n) is 5.21. The number of fused-ring (bicyclic) bond motifs is 1. The molecular weight excluding hydrogens is 318 g/mol. The Bertz CT molecular complexity index is 731. The number of nitrogens with zero attached hydrogens (tertiary/aromatic N) is 1. The quantitative estimate of drug-likeness (QED) is 0.212. The number of benzene rings is 1. The summed E-state index contributed by atoms with van der Waals surface area (Å²) in [4.78, 5) is 36.6. The van der Waals surface area contributed by atoms with Crippen LogP contribution in [-0.4, -0.2) is 44.0 Å². The Hall–Kier alpha value is -2.97. The molecule has 130 valence electrons. The maximum absolute atomic E-state index is 12.4. The monoisotopic (exact) mass is 337 g/mol. The van der Waals surface area contributed by atoms with Crippen molar-refractivity contribution >= 4 is 23.4 Å². The Morgan fingerprint density at radius 1 is 1.08 bits per heavy atom. The molecule has 1 saturated heterocycles. The van der Waals surface area contributed by atoms with Gasteiger partial charge in [0.1, 0.15) is 6.04 Å². The number of carbonyl (C=O) groups is 3. The first-order valence-corrected chi connectivity index (χ1v) is 7.52. The van der Waals surface area contributed by atoms with Crippen molar-refractivity contribution < 1.29 is 29.7 Å². The fraction of sp³-hybridized carbons (Fsp3) is 0.400. The van der Waals surface area contributed by atoms with Gasteiger partial charge in [-0.1, -0.05) is 13.8 Å². The highest BCUT2D eigenvalue weighted by Gasteiger charge is 2.42. The van der Waals surface area contributed by atoms with Gasteiger partial charge in [-0.25, -0.2) is 0 Å². The fourth-order valence-corrected chi connectivity index (χ4v) is 2.79. The van der Waals surface area contributed by atoms with E-state index >= 15 is 0 Å². The van der Waals surface area contributed by atoms with Crippen molar-refractivity contribution in [3.05, 3.63) is 11.1 Å². The molecule has 24 heavy (non-hydrogen) atoms. The lowest BCUT2D eigenvalue weighted by molar-refractivity contribution is -0.136. The number of nitrogens with one attached hydrogen (secondary N) is 1. The van der Waals surface area contributed by atoms with E-state index in [4.69, 9.17) is 5.73 Å². The maximum Gasteiger partial charge on any atom is 0.259 e. The van der Waals surface area contributed by atoms with Gasteiger partial charge in [0.2, 0.25) is 17.6 Å². The van der Waals surface area contributed by atoms with Crippen LogP contribution < -0.4 is 11.1 Å². The summed E-state index contributed by atoms with van der Waals surface area (Å²) in [5.74, 6) is -4.08. The number of amides is 3. The summed E-state index contributed by atoms with van der Waals surface area (Å²) in [5.41, 5.74) is 5.33. The smallest absolute Gasteiger partial charge is 0.259 e. The number of nitrogen functional groups attached to an aromatic ring is 1. The third-order valence-electron chi connectivity index (χ3n) is 3.96. The van der Waals surface area contributed by atoms with Crippen LogP contribution in [0.2, 0.25) is 0 Å². The van der Waals surface area contributed by atoms with Crippen molar-refractivity contribution in [2.24, 2.45) is 0 Å². The number of rotatable bonds is 1. The van der Waals surface area contributed by atoms with E-state index in [9.17, 15) is 29.7 Å². The molecule has 2 heterocycles. The van der Waals surface area contributed by atoms with Crippen molar-refractivity contribution in [2.45, 2.75) is 39.3 Å². The van der Waals surface area contributed by atoms with Crippen LogP contribution in [0.25, 0.3) is 0 Å². The summed E-state index contributed by atoms with van der Waals surface area (Å²) in [5, 5.41) is 31.2. The highest BCUT2D eigenvalue weighted by Crippen LogP contribution is 2.48. The first kappa shape index (κ1) is 17.4. The van der Waals surface area contributed by atoms with Crippen LogP contribution in [0.15, 0.2) is 0 Å². The van der Waals surface area contributed by atoms with Crippen LogP contribution in [0.3, 0.4) is 0 Å². The van der Waals surface area contributed by atoms with E-state index in [0.29, 0.717) is 0 Å². The van der Waals surface area contributed by atoms with E-state index in [1.807, 2.05) is 13.8 Å². The third-order valence-corrected chi connectivity index (χ3v) is 3.96. The van der Waals surface area contributed by atoms with Crippen LogP contribution in [0.1, 0.15) is 42.6 Å². The van der Waals surface area contributed by atoms with E-state index in [-0.39, 0.29) is 36.2 Å². The standard InChI is InChI=1S/C13H13N3O6.C2H6/c14-8-4-3-16(5-1-2-6(17)15-12(5)21)13(22)7(4)9(18)11(20)10(8)19;1-2/h5,18-20H,1-3,14H2,(H,15,17,21);1-2H3. The molecular formula is C15H19N3O6. The molecule has 1 fully saturated rings. The van der Waals surface area contributed by atoms with E-state index in [1.165, 1.54) is 0 Å². The largest absolute Gasteiger partial charge is 0.504 e. The number of phenolic OH excluding ortho intramolecular Hbond substituents is 3. The Kier molecular flexibility index (Phi) is 4.54. The van der Waals surface area contributed by atoms with Crippen LogP contribution in [0.4, 0.5) is 5.69 Å². The number of nitrogens with two attached hydrogens (primary N) is 1. The van der Waals surface area contributed by atoms with Crippen LogP contribution in [-0.2, 0) is 16.1 Å². The van der Waals surface area contributed by atoms with E-state index in [2.05, 4.69) is 5.32 Å². The topological polar surface area (TPSA) is 153 Å². The number of anilines is 1. The molecule has 1 unspecified atom stereocenters. The van der Waals surface area contributed by atoms with Crippen molar-refractivity contribution in [1.82, 2.24) is 10.2 Å². The molecule has 0 aliphatic carbocycles. The predicted molar refractivity (Wildman–Crippen MR) is 83.2 cm³/mol. The summed E-state index contributed by atoms with van der Waals surface area (Å²) < 4.78 is 0. The minimum absolute atomic E-state index is 0.0918. The van der Waals surface area contributed by atoms with E-state index in [0.717, 1.165) is 4.90 Å². The average molecular weight is 337 g/mol. The summed E-state index contributed by atoms with van der Waals surface area (Å²) in [7, 11) is 0. The van der Waals surface area contributed by atoms with Crippen molar-refractivity contribution in [3.63, 3.8) is 0 Å². The average Bonchev–Trinajstić information content (AvgIpc) is 2.90. The summed E-state index contributed by atoms with van der Waals surface area (Å²) in [6, 6.07) is -0.874. The molecule has 1 aromatic rings. The minimum Gasteiger partial charge on any atom is -0.504 e. The van der Waals surface area contributed by atoms with Gasteiger partial charge in [-0.05, 0) is 6.42 Å². The lowest BCUT2D eigenvalue weighted by atomic mass is 10.0. The van der Waals surface area contributed by atoms with Gasteiger partial charge < -0.3 is 26.0 Å². The summed E-state index contributed by atoms with van der Waals surface area (Å²) in [6.07, 6.45) is 0.248. The minimum atomic E-state index is -0.880. The van der Waals surface area contributed by atoms with Gasteiger partial charge >= 0.3 is 0 Å². The molecule has 9 heteroatoms. The first-order valence-electron chi connectivity index (χ1n) is 7.52. The lowest BCUT2D eigenvalue weighted by Crippen LogP contribution is -2.52. The van der Waals surface area contributed by atoms with Gasteiger partial charge in [0.25, 0.3) is 5.91 Å². The predicted octanol–water partition coefficient (Wildman–Crippen LogP) is 0.173. The number of imide groups is 1. The lowest BCUT2D eigenvalue weighted by Gasteiger charge is -2.29. The summed E-state index contributed by atoms with van der Waals surface area (Å²) in [6.45, 7) is 3.90. The van der Waals surface area contributed by atoms with E-state index in [1.54, 1.807) is 0 Å². The molecule has 6 N–H and O–H groups in total. The van der Waals surface area contributed by atoms with Gasteiger partial charge in [0.05, 0.1) is 11.3 Å². The Morgan fingerprint density at radius 2 is 1.71 bits per heavy atom. The van der Waals surface area contributed by atoms with Gasteiger partial charge in [-0.15, -0.1) is 0 Å². The molecule has 0 radical (unpaired) electrons. The number of carbonyl (C=O) groups excluding carboxylic acids is 3. The molecule has 2 aliphatic rings. The zero-order valence-corrected chi connectivity index (χ0v) is 13.3. The zero-order chi connectivity index (χ0) is 18.2. The molecule has 3 rings (SSSR count). The molecule has 0 bridgehead atoms. The maximum atomic E-state index is 12.4. The molecule has 3 amide bonds. The molecule has 9 nitrogen and oxygen atoms in total. The van der Waals surface area contributed by atoms with Crippen LogP contribution >= 0.6 is 0 Å². The first-order chi connectivity index (χ1) is 11.3. The summed E-state index contributed by atoms with van der Waals surface area (Å²) >= 11 is 0. The highest BCUT2D eigenvalue weighted by molar-refractivity contribution is 6.08. The molecule has 2 aliphatic heterocycles. The second-order valence-corrected chi connectivity index (χ2v) is 5.21. The molecule has 0 aromatic heterocycles. The van der Waals surface area contributed by atoms with Gasteiger partial charge in [-0.2, -0.15) is 0 Å². The number of phenols is 3. The SMILES string of the molecule is CC.Nc1c(O)c(O)c(O)c2c1CN(C1CCC(=O)NC1=O)C2=O. The number of hydrogen-bond donors (Lipinski definition) is 5. The van der Waals surface area contributed by atoms with Crippen molar-refractivity contribution in [3.8, 4) is 17.2 Å². The Labute approximate surface area is 137 Å². The zero-order valence-electron chi connectivity index (χ0n) is 13.3. The Morgan fingerprint density at radius 3 is 2.29 bits per heavy atom. The molecule has 0 saturated carbocycles. The fourth-order valence-electron chi connectivity index (χ4n) is 2.79. The van der Waals surface area contributed by atoms with Crippen LogP contribution in [0.5, 0.6) is 17.2 Å². The van der Waals surface area contributed by atoms with Gasteiger partial charge in [0.15, 0.2) is 11.5 Å². The normalized spacial score (nSPS) is 19.5. The number of aromatic hydroxyl groups is 3.